The smallest absolute Gasteiger partial charge is 0.262 e. The highest BCUT2D eigenvalue weighted by Gasteiger charge is 2.40. The van der Waals surface area contributed by atoms with Crippen LogP contribution in [0.2, 0.25) is 5.02 Å². The number of aryl methyl sites for hydroxylation is 1. The molecule has 0 saturated carbocycles. The molecule has 1 N–H and O–H groups in total. The van der Waals surface area contributed by atoms with Gasteiger partial charge in [0, 0.05) is 16.4 Å². The van der Waals surface area contributed by atoms with Gasteiger partial charge in [-0.2, -0.15) is 0 Å². The van der Waals surface area contributed by atoms with Crippen LogP contribution < -0.4 is 10.2 Å². The molecule has 0 fully saturated rings. The predicted octanol–water partition coefficient (Wildman–Crippen LogP) is 4.85. The number of amides is 1. The Kier molecular flexibility index (Phi) is 3.61. The average Bonchev–Trinajstić information content (AvgIpc) is 2.51. The van der Waals surface area contributed by atoms with E-state index in [1.54, 1.807) is 4.90 Å². The monoisotopic (exact) mass is 314 g/mol. The maximum atomic E-state index is 13.0. The van der Waals surface area contributed by atoms with Crippen LogP contribution in [-0.2, 0) is 0 Å². The summed E-state index contributed by atoms with van der Waals surface area (Å²) >= 11 is 6.26. The van der Waals surface area contributed by atoms with E-state index in [0.717, 1.165) is 23.4 Å². The summed E-state index contributed by atoms with van der Waals surface area (Å²) in [5.74, 6) is -0.00128. The second-order valence-electron chi connectivity index (χ2n) is 5.87. The van der Waals surface area contributed by atoms with Crippen molar-refractivity contribution in [3.63, 3.8) is 0 Å². The molecule has 0 aliphatic carbocycles. The maximum Gasteiger partial charge on any atom is 0.262 e. The van der Waals surface area contributed by atoms with E-state index < -0.39 is 5.66 Å². The fraction of sp³-hybridized carbons (Fsp3) is 0.278. The second-order valence-corrected chi connectivity index (χ2v) is 6.28. The van der Waals surface area contributed by atoms with Gasteiger partial charge in [0.25, 0.3) is 5.91 Å². The van der Waals surface area contributed by atoms with Crippen molar-refractivity contribution in [1.82, 2.24) is 0 Å². The molecule has 2 aromatic rings. The molecule has 1 amide bonds. The van der Waals surface area contributed by atoms with Crippen LogP contribution in [0.3, 0.4) is 0 Å². The third-order valence-corrected chi connectivity index (χ3v) is 4.77. The Morgan fingerprint density at radius 1 is 1.23 bits per heavy atom. The van der Waals surface area contributed by atoms with Crippen molar-refractivity contribution < 1.29 is 4.79 Å². The minimum Gasteiger partial charge on any atom is -0.362 e. The SMILES string of the molecule is CC[C@]1(C)Nc2ccccc2C(=O)N1c1ccc(C)c(Cl)c1. The first-order valence-electron chi connectivity index (χ1n) is 7.44. The van der Waals surface area contributed by atoms with Crippen molar-refractivity contribution in [3.05, 3.63) is 58.6 Å². The summed E-state index contributed by atoms with van der Waals surface area (Å²) in [5.41, 5.74) is 2.90. The zero-order chi connectivity index (χ0) is 15.9. The molecule has 114 valence electrons. The molecule has 4 heteroatoms. The van der Waals surface area contributed by atoms with E-state index in [9.17, 15) is 4.79 Å². The Bertz CT molecular complexity index is 744. The van der Waals surface area contributed by atoms with Crippen LogP contribution in [0.4, 0.5) is 11.4 Å². The Hall–Kier alpha value is -2.00. The quantitative estimate of drug-likeness (QED) is 0.859. The van der Waals surface area contributed by atoms with E-state index in [0.29, 0.717) is 10.6 Å². The summed E-state index contributed by atoms with van der Waals surface area (Å²) in [6.45, 7) is 6.06. The van der Waals surface area contributed by atoms with E-state index >= 15 is 0 Å². The van der Waals surface area contributed by atoms with Gasteiger partial charge in [-0.1, -0.05) is 36.7 Å². The molecule has 0 spiro atoms. The summed E-state index contributed by atoms with van der Waals surface area (Å²) in [5, 5.41) is 4.17. The minimum atomic E-state index is -0.482. The van der Waals surface area contributed by atoms with Gasteiger partial charge in [-0.05, 0) is 50.1 Å². The molecule has 0 saturated heterocycles. The summed E-state index contributed by atoms with van der Waals surface area (Å²) in [7, 11) is 0. The third kappa shape index (κ3) is 2.26. The van der Waals surface area contributed by atoms with Gasteiger partial charge >= 0.3 is 0 Å². The first-order chi connectivity index (χ1) is 10.5. The number of benzene rings is 2. The molecule has 3 nitrogen and oxygen atoms in total. The number of rotatable bonds is 2. The average molecular weight is 315 g/mol. The zero-order valence-electron chi connectivity index (χ0n) is 13.0. The Morgan fingerprint density at radius 2 is 1.95 bits per heavy atom. The summed E-state index contributed by atoms with van der Waals surface area (Å²) in [6, 6.07) is 13.4. The van der Waals surface area contributed by atoms with Crippen LogP contribution in [-0.4, -0.2) is 11.6 Å². The van der Waals surface area contributed by atoms with Crippen LogP contribution in [0.25, 0.3) is 0 Å². The first kappa shape index (κ1) is 14.9. The van der Waals surface area contributed by atoms with Gasteiger partial charge in [-0.15, -0.1) is 0 Å². The Labute approximate surface area is 135 Å². The molecule has 1 heterocycles. The highest BCUT2D eigenvalue weighted by Crippen LogP contribution is 2.37. The summed E-state index contributed by atoms with van der Waals surface area (Å²) in [4.78, 5) is 14.8. The molecular formula is C18H19ClN2O. The number of hydrogen-bond donors (Lipinski definition) is 1. The standard InChI is InChI=1S/C18H19ClN2O/c1-4-18(3)20-16-8-6-5-7-14(16)17(22)21(18)13-10-9-12(2)15(19)11-13/h5-11,20H,4H2,1-3H3/t18-/m1/s1. The fourth-order valence-corrected chi connectivity index (χ4v) is 3.01. The van der Waals surface area contributed by atoms with Crippen molar-refractivity contribution in [2.75, 3.05) is 10.2 Å². The van der Waals surface area contributed by atoms with Gasteiger partial charge in [-0.3, -0.25) is 9.69 Å². The molecule has 0 radical (unpaired) electrons. The van der Waals surface area contributed by atoms with Crippen LogP contribution in [0.1, 0.15) is 36.2 Å². The fourth-order valence-electron chi connectivity index (χ4n) is 2.84. The van der Waals surface area contributed by atoms with Crippen molar-refractivity contribution in [1.29, 1.82) is 0 Å². The number of nitrogens with one attached hydrogen (secondary N) is 1. The molecule has 1 aliphatic heterocycles. The van der Waals surface area contributed by atoms with E-state index in [1.165, 1.54) is 0 Å². The Morgan fingerprint density at radius 3 is 2.64 bits per heavy atom. The molecular weight excluding hydrogens is 296 g/mol. The first-order valence-corrected chi connectivity index (χ1v) is 7.82. The highest BCUT2D eigenvalue weighted by molar-refractivity contribution is 6.31. The lowest BCUT2D eigenvalue weighted by Gasteiger charge is -2.46. The van der Waals surface area contributed by atoms with Crippen molar-refractivity contribution in [2.45, 2.75) is 32.9 Å². The van der Waals surface area contributed by atoms with Crippen LogP contribution in [0.15, 0.2) is 42.5 Å². The Balaban J connectivity index is 2.15. The lowest BCUT2D eigenvalue weighted by Crippen LogP contribution is -2.58. The summed E-state index contributed by atoms with van der Waals surface area (Å²) < 4.78 is 0. The van der Waals surface area contributed by atoms with E-state index in [4.69, 9.17) is 11.6 Å². The lowest BCUT2D eigenvalue weighted by atomic mass is 9.97. The normalized spacial score (nSPS) is 20.5. The number of nitrogens with zero attached hydrogens (tertiary/aromatic N) is 1. The van der Waals surface area contributed by atoms with Crippen LogP contribution in [0.5, 0.6) is 0 Å². The van der Waals surface area contributed by atoms with Crippen molar-refractivity contribution in [2.24, 2.45) is 0 Å². The molecule has 2 aromatic carbocycles. The van der Waals surface area contributed by atoms with Gasteiger partial charge in [0.1, 0.15) is 5.66 Å². The van der Waals surface area contributed by atoms with Crippen LogP contribution >= 0.6 is 11.6 Å². The van der Waals surface area contributed by atoms with E-state index in [-0.39, 0.29) is 5.91 Å². The second kappa shape index (κ2) is 5.33. The maximum absolute atomic E-state index is 13.0. The molecule has 0 bridgehead atoms. The summed E-state index contributed by atoms with van der Waals surface area (Å²) in [6.07, 6.45) is 0.776. The third-order valence-electron chi connectivity index (χ3n) is 4.36. The molecule has 0 unspecified atom stereocenters. The van der Waals surface area contributed by atoms with Crippen LogP contribution in [0, 0.1) is 6.92 Å². The van der Waals surface area contributed by atoms with Crippen molar-refractivity contribution in [3.8, 4) is 0 Å². The number of hydrogen-bond acceptors (Lipinski definition) is 2. The van der Waals surface area contributed by atoms with E-state index in [2.05, 4.69) is 12.2 Å². The number of carbonyl (C=O) groups excluding carboxylic acids is 1. The number of anilines is 2. The van der Waals surface area contributed by atoms with Gasteiger partial charge in [0.2, 0.25) is 0 Å². The number of carbonyl (C=O) groups is 1. The highest BCUT2D eigenvalue weighted by atomic mass is 35.5. The van der Waals surface area contributed by atoms with E-state index in [1.807, 2.05) is 56.3 Å². The molecule has 1 aliphatic rings. The molecule has 22 heavy (non-hydrogen) atoms. The molecule has 3 rings (SSSR count). The van der Waals surface area contributed by atoms with Gasteiger partial charge < -0.3 is 5.32 Å². The lowest BCUT2D eigenvalue weighted by molar-refractivity contribution is 0.0956. The number of para-hydroxylation sites is 1. The predicted molar refractivity (Wildman–Crippen MR) is 91.8 cm³/mol. The molecule has 0 aromatic heterocycles. The minimum absolute atomic E-state index is 0.00128. The van der Waals surface area contributed by atoms with Gasteiger partial charge in [0.05, 0.1) is 5.56 Å². The zero-order valence-corrected chi connectivity index (χ0v) is 13.7. The molecule has 1 atom stereocenters. The largest absolute Gasteiger partial charge is 0.362 e. The number of fused-ring (bicyclic) bond motifs is 1. The van der Waals surface area contributed by atoms with Gasteiger partial charge in [-0.25, -0.2) is 0 Å². The number of halogens is 1. The topological polar surface area (TPSA) is 32.3 Å². The van der Waals surface area contributed by atoms with Gasteiger partial charge in [0.15, 0.2) is 0 Å². The van der Waals surface area contributed by atoms with Crippen molar-refractivity contribution >= 4 is 28.9 Å².